The highest BCUT2D eigenvalue weighted by atomic mass is 16.5. The molecule has 128 valence electrons. The van der Waals surface area contributed by atoms with Crippen LogP contribution in [-0.2, 0) is 17.8 Å². The van der Waals surface area contributed by atoms with Crippen molar-refractivity contribution in [3.8, 4) is 5.75 Å². The highest BCUT2D eigenvalue weighted by Gasteiger charge is 2.24. The van der Waals surface area contributed by atoms with Crippen molar-refractivity contribution in [3.63, 3.8) is 0 Å². The Hall–Kier alpha value is -2.34. The normalized spacial score (nSPS) is 14.8. The van der Waals surface area contributed by atoms with Crippen LogP contribution in [0.2, 0.25) is 0 Å². The molecule has 1 aromatic carbocycles. The lowest BCUT2D eigenvalue weighted by molar-refractivity contribution is 0.0912. The summed E-state index contributed by atoms with van der Waals surface area (Å²) in [4.78, 5) is 12.6. The monoisotopic (exact) mass is 329 g/mol. The summed E-state index contributed by atoms with van der Waals surface area (Å²) in [5.41, 5.74) is 4.36. The average molecular weight is 329 g/mol. The number of hydrogen-bond donors (Lipinski definition) is 2. The molecule has 3 rings (SSSR count). The van der Waals surface area contributed by atoms with Crippen molar-refractivity contribution in [1.82, 2.24) is 15.5 Å². The number of amides is 1. The number of ether oxygens (including phenoxy) is 2. The molecular formula is C18H23N3O3. The molecule has 24 heavy (non-hydrogen) atoms. The van der Waals surface area contributed by atoms with Gasteiger partial charge in [0, 0.05) is 23.2 Å². The van der Waals surface area contributed by atoms with E-state index < -0.39 is 0 Å². The molecule has 1 aliphatic rings. The largest absolute Gasteiger partial charge is 0.494 e. The molecule has 6 heteroatoms. The number of H-pyrrole nitrogens is 1. The van der Waals surface area contributed by atoms with Crippen LogP contribution in [0.4, 0.5) is 0 Å². The first-order chi connectivity index (χ1) is 11.6. The number of benzene rings is 1. The molecule has 2 heterocycles. The first kappa shape index (κ1) is 16.5. The van der Waals surface area contributed by atoms with Gasteiger partial charge in [-0.2, -0.15) is 5.10 Å². The van der Waals surface area contributed by atoms with E-state index in [2.05, 4.69) is 15.5 Å². The van der Waals surface area contributed by atoms with E-state index in [-0.39, 0.29) is 11.9 Å². The molecule has 1 aromatic heterocycles. The third kappa shape index (κ3) is 3.28. The Balaban J connectivity index is 1.79. The average Bonchev–Trinajstić information content (AvgIpc) is 3.00. The number of rotatable bonds is 5. The van der Waals surface area contributed by atoms with Gasteiger partial charge >= 0.3 is 0 Å². The molecule has 0 radical (unpaired) electrons. The standard InChI is InChI=1S/C18H23N3O3/c1-4-24-16-6-5-11(2)9-13(16)12(3)19-18(22)17-14-10-23-8-7-15(14)20-21-17/h5-6,9,12H,4,7-8,10H2,1-3H3,(H,19,22)(H,20,21). The number of aromatic amines is 1. The van der Waals surface area contributed by atoms with E-state index in [1.807, 2.05) is 39.0 Å². The third-order valence-electron chi connectivity index (χ3n) is 4.19. The van der Waals surface area contributed by atoms with Crippen molar-refractivity contribution in [1.29, 1.82) is 0 Å². The molecule has 1 amide bonds. The molecular weight excluding hydrogens is 306 g/mol. The fraction of sp³-hybridized carbons (Fsp3) is 0.444. The van der Waals surface area contributed by atoms with Gasteiger partial charge in [-0.25, -0.2) is 0 Å². The number of hydrogen-bond acceptors (Lipinski definition) is 4. The summed E-state index contributed by atoms with van der Waals surface area (Å²) in [5, 5.41) is 10.1. The molecule has 2 aromatic rings. The summed E-state index contributed by atoms with van der Waals surface area (Å²) >= 11 is 0. The lowest BCUT2D eigenvalue weighted by atomic mass is 10.0. The maximum atomic E-state index is 12.6. The maximum Gasteiger partial charge on any atom is 0.272 e. The molecule has 0 saturated heterocycles. The molecule has 6 nitrogen and oxygen atoms in total. The Morgan fingerprint density at radius 3 is 3.12 bits per heavy atom. The summed E-state index contributed by atoms with van der Waals surface area (Å²) < 4.78 is 11.1. The van der Waals surface area contributed by atoms with Gasteiger partial charge in [0.1, 0.15) is 5.75 Å². The van der Waals surface area contributed by atoms with Crippen LogP contribution >= 0.6 is 0 Å². The van der Waals surface area contributed by atoms with Gasteiger partial charge in [0.2, 0.25) is 0 Å². The van der Waals surface area contributed by atoms with Crippen LogP contribution < -0.4 is 10.1 Å². The molecule has 0 fully saturated rings. The van der Waals surface area contributed by atoms with Crippen LogP contribution in [-0.4, -0.2) is 29.3 Å². The fourth-order valence-electron chi connectivity index (χ4n) is 2.94. The number of carbonyl (C=O) groups excluding carboxylic acids is 1. The van der Waals surface area contributed by atoms with Crippen molar-refractivity contribution in [3.05, 3.63) is 46.3 Å². The fourth-order valence-corrected chi connectivity index (χ4v) is 2.94. The van der Waals surface area contributed by atoms with Crippen molar-refractivity contribution in [2.75, 3.05) is 13.2 Å². The van der Waals surface area contributed by atoms with E-state index >= 15 is 0 Å². The van der Waals surface area contributed by atoms with Crippen LogP contribution in [0, 0.1) is 6.92 Å². The quantitative estimate of drug-likeness (QED) is 0.884. The Kier molecular flexibility index (Phi) is 4.85. The molecule has 0 saturated carbocycles. The minimum absolute atomic E-state index is 0.184. The second-order valence-electron chi connectivity index (χ2n) is 6.00. The van der Waals surface area contributed by atoms with E-state index in [9.17, 15) is 4.79 Å². The Morgan fingerprint density at radius 1 is 1.50 bits per heavy atom. The number of aryl methyl sites for hydroxylation is 1. The number of nitrogens with one attached hydrogen (secondary N) is 2. The van der Waals surface area contributed by atoms with E-state index in [4.69, 9.17) is 9.47 Å². The molecule has 0 aliphatic carbocycles. The first-order valence-corrected chi connectivity index (χ1v) is 8.28. The lowest BCUT2D eigenvalue weighted by Crippen LogP contribution is -2.28. The summed E-state index contributed by atoms with van der Waals surface area (Å²) in [5.74, 6) is 0.595. The van der Waals surface area contributed by atoms with Gasteiger partial charge in [-0.15, -0.1) is 0 Å². The predicted octanol–water partition coefficient (Wildman–Crippen LogP) is 2.68. The molecule has 1 aliphatic heterocycles. The van der Waals surface area contributed by atoms with Gasteiger partial charge in [0.15, 0.2) is 5.69 Å². The summed E-state index contributed by atoms with van der Waals surface area (Å²) in [6, 6.07) is 5.81. The summed E-state index contributed by atoms with van der Waals surface area (Å²) in [7, 11) is 0. The SMILES string of the molecule is CCOc1ccc(C)cc1C(C)NC(=O)c1n[nH]c2c1COCC2. The number of nitrogens with zero attached hydrogens (tertiary/aromatic N) is 1. The van der Waals surface area contributed by atoms with E-state index in [0.717, 1.165) is 34.6 Å². The second-order valence-corrected chi connectivity index (χ2v) is 6.00. The van der Waals surface area contributed by atoms with Gasteiger partial charge in [-0.3, -0.25) is 9.89 Å². The van der Waals surface area contributed by atoms with Crippen LogP contribution in [0.25, 0.3) is 0 Å². The zero-order valence-electron chi connectivity index (χ0n) is 14.3. The molecule has 2 N–H and O–H groups in total. The van der Waals surface area contributed by atoms with Gasteiger partial charge in [-0.1, -0.05) is 17.7 Å². The van der Waals surface area contributed by atoms with Crippen LogP contribution in [0.3, 0.4) is 0 Å². The zero-order chi connectivity index (χ0) is 17.1. The predicted molar refractivity (Wildman–Crippen MR) is 90.2 cm³/mol. The van der Waals surface area contributed by atoms with Crippen LogP contribution in [0.1, 0.15) is 52.8 Å². The highest BCUT2D eigenvalue weighted by molar-refractivity contribution is 5.94. The number of carbonyl (C=O) groups is 1. The molecule has 1 unspecified atom stereocenters. The smallest absolute Gasteiger partial charge is 0.272 e. The first-order valence-electron chi connectivity index (χ1n) is 8.28. The highest BCUT2D eigenvalue weighted by Crippen LogP contribution is 2.27. The van der Waals surface area contributed by atoms with Crippen LogP contribution in [0.15, 0.2) is 18.2 Å². The van der Waals surface area contributed by atoms with Crippen molar-refractivity contribution < 1.29 is 14.3 Å². The summed E-state index contributed by atoms with van der Waals surface area (Å²) in [6.07, 6.45) is 0.761. The lowest BCUT2D eigenvalue weighted by Gasteiger charge is -2.19. The molecule has 0 spiro atoms. The van der Waals surface area contributed by atoms with E-state index in [1.165, 1.54) is 0 Å². The van der Waals surface area contributed by atoms with Crippen molar-refractivity contribution >= 4 is 5.91 Å². The minimum atomic E-state index is -0.200. The Morgan fingerprint density at radius 2 is 2.33 bits per heavy atom. The Bertz CT molecular complexity index is 739. The van der Waals surface area contributed by atoms with Gasteiger partial charge in [0.05, 0.1) is 25.9 Å². The van der Waals surface area contributed by atoms with Crippen LogP contribution in [0.5, 0.6) is 5.75 Å². The van der Waals surface area contributed by atoms with Gasteiger partial charge < -0.3 is 14.8 Å². The Labute approximate surface area is 141 Å². The van der Waals surface area contributed by atoms with Gasteiger partial charge in [-0.05, 0) is 26.8 Å². The minimum Gasteiger partial charge on any atom is -0.494 e. The number of aromatic nitrogens is 2. The van der Waals surface area contributed by atoms with E-state index in [0.29, 0.717) is 25.5 Å². The third-order valence-corrected chi connectivity index (χ3v) is 4.19. The summed E-state index contributed by atoms with van der Waals surface area (Å²) in [6.45, 7) is 7.59. The topological polar surface area (TPSA) is 76.2 Å². The second kappa shape index (κ2) is 7.05. The number of fused-ring (bicyclic) bond motifs is 1. The molecule has 0 bridgehead atoms. The zero-order valence-corrected chi connectivity index (χ0v) is 14.3. The van der Waals surface area contributed by atoms with Gasteiger partial charge in [0.25, 0.3) is 5.91 Å². The maximum absolute atomic E-state index is 12.6. The van der Waals surface area contributed by atoms with Crippen molar-refractivity contribution in [2.24, 2.45) is 0 Å². The van der Waals surface area contributed by atoms with Crippen molar-refractivity contribution in [2.45, 2.75) is 39.8 Å². The molecule has 1 atom stereocenters. The van der Waals surface area contributed by atoms with E-state index in [1.54, 1.807) is 0 Å².